The normalized spacial score (nSPS) is 20.2. The molecule has 1 aliphatic carbocycles. The molecule has 0 radical (unpaired) electrons. The fraction of sp³-hybridized carbons (Fsp3) is 0.933. The van der Waals surface area contributed by atoms with Crippen LogP contribution in [-0.4, -0.2) is 35.1 Å². The van der Waals surface area contributed by atoms with Crippen LogP contribution in [0.4, 0.5) is 0 Å². The van der Waals surface area contributed by atoms with Crippen LogP contribution in [0.5, 0.6) is 0 Å². The van der Waals surface area contributed by atoms with Crippen LogP contribution in [0.25, 0.3) is 0 Å². The summed E-state index contributed by atoms with van der Waals surface area (Å²) in [7, 11) is 0. The lowest BCUT2D eigenvalue weighted by Gasteiger charge is -2.35. The van der Waals surface area contributed by atoms with Crippen molar-refractivity contribution in [2.24, 2.45) is 5.41 Å². The van der Waals surface area contributed by atoms with Gasteiger partial charge < -0.3 is 5.11 Å². The van der Waals surface area contributed by atoms with Crippen LogP contribution in [0.3, 0.4) is 0 Å². The number of nitrogens with zero attached hydrogens (tertiary/aromatic N) is 1. The Morgan fingerprint density at radius 3 is 2.39 bits per heavy atom. The first kappa shape index (κ1) is 15.5. The minimum atomic E-state index is -0.579. The van der Waals surface area contributed by atoms with E-state index in [1.54, 1.807) is 0 Å². The molecule has 0 aliphatic heterocycles. The average Bonchev–Trinajstić information content (AvgIpc) is 2.83. The molecule has 0 amide bonds. The predicted molar refractivity (Wildman–Crippen MR) is 74.8 cm³/mol. The number of carbonyl (C=O) groups is 1. The van der Waals surface area contributed by atoms with E-state index in [2.05, 4.69) is 25.7 Å². The molecule has 3 heteroatoms. The Morgan fingerprint density at radius 1 is 1.33 bits per heavy atom. The minimum Gasteiger partial charge on any atom is -0.481 e. The van der Waals surface area contributed by atoms with Gasteiger partial charge in [-0.3, -0.25) is 9.69 Å². The van der Waals surface area contributed by atoms with E-state index in [-0.39, 0.29) is 0 Å². The van der Waals surface area contributed by atoms with E-state index in [0.29, 0.717) is 6.04 Å². The van der Waals surface area contributed by atoms with E-state index in [1.165, 1.54) is 12.8 Å². The van der Waals surface area contributed by atoms with Crippen LogP contribution in [0.2, 0.25) is 0 Å². The summed E-state index contributed by atoms with van der Waals surface area (Å²) in [5, 5.41) is 9.57. The van der Waals surface area contributed by atoms with Gasteiger partial charge in [0.05, 0.1) is 5.41 Å². The second kappa shape index (κ2) is 7.13. The molecule has 106 valence electrons. The van der Waals surface area contributed by atoms with Gasteiger partial charge in [-0.1, -0.05) is 33.1 Å². The van der Waals surface area contributed by atoms with E-state index >= 15 is 0 Å². The molecular formula is C15H29NO2. The molecule has 1 unspecified atom stereocenters. The second-order valence-corrected chi connectivity index (χ2v) is 5.87. The lowest BCUT2D eigenvalue weighted by molar-refractivity contribution is -0.150. The molecule has 1 N–H and O–H groups in total. The molecule has 0 saturated heterocycles. The van der Waals surface area contributed by atoms with Crippen LogP contribution in [-0.2, 0) is 4.79 Å². The quantitative estimate of drug-likeness (QED) is 0.721. The Morgan fingerprint density at radius 2 is 1.94 bits per heavy atom. The highest BCUT2D eigenvalue weighted by Gasteiger charge is 2.42. The predicted octanol–water partition coefficient (Wildman–Crippen LogP) is 3.53. The Bertz CT molecular complexity index is 259. The lowest BCUT2D eigenvalue weighted by atomic mass is 9.85. The number of hydrogen-bond acceptors (Lipinski definition) is 2. The van der Waals surface area contributed by atoms with Crippen LogP contribution >= 0.6 is 0 Å². The molecule has 3 nitrogen and oxygen atoms in total. The van der Waals surface area contributed by atoms with Crippen molar-refractivity contribution >= 4 is 5.97 Å². The Balaban J connectivity index is 2.70. The zero-order chi connectivity index (χ0) is 13.6. The summed E-state index contributed by atoms with van der Waals surface area (Å²) < 4.78 is 0. The lowest BCUT2D eigenvalue weighted by Crippen LogP contribution is -2.45. The molecule has 1 saturated carbocycles. The Hall–Kier alpha value is -0.570. The van der Waals surface area contributed by atoms with Crippen molar-refractivity contribution in [3.63, 3.8) is 0 Å². The van der Waals surface area contributed by atoms with Gasteiger partial charge in [-0.25, -0.2) is 0 Å². The summed E-state index contributed by atoms with van der Waals surface area (Å²) >= 11 is 0. The fourth-order valence-electron chi connectivity index (χ4n) is 2.95. The fourth-order valence-corrected chi connectivity index (χ4v) is 2.95. The van der Waals surface area contributed by atoms with Gasteiger partial charge in [0.15, 0.2) is 0 Å². The van der Waals surface area contributed by atoms with Crippen LogP contribution in [0.15, 0.2) is 0 Å². The number of carboxylic acids is 1. The smallest absolute Gasteiger partial charge is 0.310 e. The zero-order valence-corrected chi connectivity index (χ0v) is 12.2. The molecule has 1 rings (SSSR count). The maximum Gasteiger partial charge on any atom is 0.310 e. The molecule has 1 atom stereocenters. The van der Waals surface area contributed by atoms with Crippen molar-refractivity contribution in [2.75, 3.05) is 13.1 Å². The molecular weight excluding hydrogens is 226 g/mol. The van der Waals surface area contributed by atoms with Gasteiger partial charge in [0.1, 0.15) is 0 Å². The molecule has 0 heterocycles. The number of carboxylic acid groups (broad SMARTS) is 1. The second-order valence-electron chi connectivity index (χ2n) is 5.87. The summed E-state index contributed by atoms with van der Waals surface area (Å²) in [4.78, 5) is 14.0. The van der Waals surface area contributed by atoms with Gasteiger partial charge in [-0.2, -0.15) is 0 Å². The van der Waals surface area contributed by atoms with E-state index in [4.69, 9.17) is 0 Å². The largest absolute Gasteiger partial charge is 0.481 e. The summed E-state index contributed by atoms with van der Waals surface area (Å²) in [6.07, 6.45) is 7.32. The van der Waals surface area contributed by atoms with Crippen LogP contribution < -0.4 is 0 Å². The molecule has 0 aromatic heterocycles. The molecule has 1 fully saturated rings. The van der Waals surface area contributed by atoms with Gasteiger partial charge in [-0.05, 0) is 39.2 Å². The highest BCUT2D eigenvalue weighted by molar-refractivity contribution is 5.75. The number of aliphatic carboxylic acids is 1. The third-order valence-corrected chi connectivity index (χ3v) is 4.53. The maximum absolute atomic E-state index is 11.6. The molecule has 1 aliphatic rings. The number of rotatable bonds is 8. The summed E-state index contributed by atoms with van der Waals surface area (Å²) in [6, 6.07) is 0.494. The first-order chi connectivity index (χ1) is 8.55. The SMILES string of the molecule is CCCCN(CC1(C(=O)O)CCCC1)C(C)CC. The van der Waals surface area contributed by atoms with Crippen molar-refractivity contribution in [1.82, 2.24) is 4.90 Å². The highest BCUT2D eigenvalue weighted by atomic mass is 16.4. The first-order valence-electron chi connectivity index (χ1n) is 7.53. The van der Waals surface area contributed by atoms with Gasteiger partial charge in [0.2, 0.25) is 0 Å². The topological polar surface area (TPSA) is 40.5 Å². The van der Waals surface area contributed by atoms with Crippen molar-refractivity contribution in [2.45, 2.75) is 71.8 Å². The van der Waals surface area contributed by atoms with Gasteiger partial charge in [0, 0.05) is 12.6 Å². The summed E-state index contributed by atoms with van der Waals surface area (Å²) in [6.45, 7) is 8.39. The van der Waals surface area contributed by atoms with Gasteiger partial charge in [0.25, 0.3) is 0 Å². The van der Waals surface area contributed by atoms with Crippen molar-refractivity contribution in [3.8, 4) is 0 Å². The third kappa shape index (κ3) is 3.71. The summed E-state index contributed by atoms with van der Waals surface area (Å²) in [5.41, 5.74) is -0.461. The standard InChI is InChI=1S/C15H29NO2/c1-4-6-11-16(13(3)5-2)12-15(14(17)18)9-7-8-10-15/h13H,4-12H2,1-3H3,(H,17,18). The molecule has 18 heavy (non-hydrogen) atoms. The molecule has 0 bridgehead atoms. The highest BCUT2D eigenvalue weighted by Crippen LogP contribution is 2.39. The average molecular weight is 255 g/mol. The van der Waals surface area contributed by atoms with Gasteiger partial charge >= 0.3 is 5.97 Å². The van der Waals surface area contributed by atoms with Crippen LogP contribution in [0, 0.1) is 5.41 Å². The van der Waals surface area contributed by atoms with E-state index < -0.39 is 11.4 Å². The first-order valence-corrected chi connectivity index (χ1v) is 7.53. The third-order valence-electron chi connectivity index (χ3n) is 4.53. The molecule has 0 aromatic carbocycles. The Labute approximate surface area is 112 Å². The maximum atomic E-state index is 11.6. The molecule has 0 aromatic rings. The van der Waals surface area contributed by atoms with Crippen molar-refractivity contribution in [3.05, 3.63) is 0 Å². The number of unbranched alkanes of at least 4 members (excludes halogenated alkanes) is 1. The van der Waals surface area contributed by atoms with E-state index in [1.807, 2.05) is 0 Å². The summed E-state index contributed by atoms with van der Waals surface area (Å²) in [5.74, 6) is -0.579. The number of hydrogen-bond donors (Lipinski definition) is 1. The van der Waals surface area contributed by atoms with Crippen molar-refractivity contribution in [1.29, 1.82) is 0 Å². The zero-order valence-electron chi connectivity index (χ0n) is 12.2. The van der Waals surface area contributed by atoms with Gasteiger partial charge in [-0.15, -0.1) is 0 Å². The van der Waals surface area contributed by atoms with Crippen LogP contribution in [0.1, 0.15) is 65.7 Å². The van der Waals surface area contributed by atoms with E-state index in [0.717, 1.165) is 45.2 Å². The molecule has 0 spiro atoms. The minimum absolute atomic E-state index is 0.461. The monoisotopic (exact) mass is 255 g/mol. The van der Waals surface area contributed by atoms with E-state index in [9.17, 15) is 9.90 Å². The van der Waals surface area contributed by atoms with Crippen molar-refractivity contribution < 1.29 is 9.90 Å². The Kier molecular flexibility index (Phi) is 6.13.